The summed E-state index contributed by atoms with van der Waals surface area (Å²) in [5.41, 5.74) is 2.19. The summed E-state index contributed by atoms with van der Waals surface area (Å²) in [4.78, 5) is 26.1. The molecule has 0 aliphatic rings. The van der Waals surface area contributed by atoms with Gasteiger partial charge in [-0.2, -0.15) is 0 Å². The van der Waals surface area contributed by atoms with Crippen LogP contribution in [0.25, 0.3) is 11.1 Å². The van der Waals surface area contributed by atoms with Gasteiger partial charge in [-0.3, -0.25) is 4.79 Å². The lowest BCUT2D eigenvalue weighted by atomic mass is 10.0. The summed E-state index contributed by atoms with van der Waals surface area (Å²) >= 11 is 7.43. The lowest BCUT2D eigenvalue weighted by Crippen LogP contribution is -2.14. The molecular formula is C21H18ClNO4S. The minimum Gasteiger partial charge on any atom is -0.497 e. The van der Waals surface area contributed by atoms with Gasteiger partial charge in [0.05, 0.1) is 24.8 Å². The van der Waals surface area contributed by atoms with Crippen LogP contribution in [0.4, 0.5) is 5.00 Å². The molecule has 3 aromatic rings. The van der Waals surface area contributed by atoms with Crippen LogP contribution in [0.1, 0.15) is 25.6 Å². The molecular weight excluding hydrogens is 398 g/mol. The highest BCUT2D eigenvalue weighted by Gasteiger charge is 2.25. The van der Waals surface area contributed by atoms with E-state index in [0.29, 0.717) is 32.5 Å². The average molecular weight is 416 g/mol. The van der Waals surface area contributed by atoms with E-state index in [4.69, 9.17) is 21.1 Å². The van der Waals surface area contributed by atoms with Crippen LogP contribution in [0.2, 0.25) is 5.02 Å². The number of thiophene rings is 1. The first-order chi connectivity index (χ1) is 13.5. The maximum absolute atomic E-state index is 12.7. The van der Waals surface area contributed by atoms with Crippen LogP contribution < -0.4 is 10.1 Å². The Bertz CT molecular complexity index is 1030. The van der Waals surface area contributed by atoms with Crippen LogP contribution in [0, 0.1) is 6.92 Å². The third kappa shape index (κ3) is 3.88. The molecule has 1 aromatic heterocycles. The average Bonchev–Trinajstić information content (AvgIpc) is 3.03. The second kappa shape index (κ2) is 8.46. The topological polar surface area (TPSA) is 64.6 Å². The number of methoxy groups -OCH3 is 2. The molecule has 1 heterocycles. The molecule has 1 amide bonds. The fraction of sp³-hybridized carbons (Fsp3) is 0.143. The van der Waals surface area contributed by atoms with Crippen LogP contribution in [0.5, 0.6) is 5.75 Å². The molecule has 28 heavy (non-hydrogen) atoms. The van der Waals surface area contributed by atoms with E-state index in [1.807, 2.05) is 31.2 Å². The van der Waals surface area contributed by atoms with E-state index in [2.05, 4.69) is 5.32 Å². The SMILES string of the molecule is COC(=O)c1c(NC(=O)c2ccccc2Cl)sc(C)c1-c1ccc(OC)cc1. The number of esters is 1. The predicted octanol–water partition coefficient (Wildman–Crippen LogP) is 5.42. The van der Waals surface area contributed by atoms with Crippen molar-refractivity contribution < 1.29 is 19.1 Å². The molecule has 1 N–H and O–H groups in total. The Balaban J connectivity index is 2.05. The summed E-state index contributed by atoms with van der Waals surface area (Å²) in [5, 5.41) is 3.56. The van der Waals surface area contributed by atoms with Crippen molar-refractivity contribution in [3.63, 3.8) is 0 Å². The third-order valence-electron chi connectivity index (χ3n) is 4.20. The Morgan fingerprint density at radius 2 is 1.71 bits per heavy atom. The zero-order chi connectivity index (χ0) is 20.3. The molecule has 0 spiro atoms. The number of hydrogen-bond acceptors (Lipinski definition) is 5. The van der Waals surface area contributed by atoms with E-state index in [-0.39, 0.29) is 0 Å². The van der Waals surface area contributed by atoms with E-state index in [0.717, 1.165) is 10.4 Å². The number of ether oxygens (including phenoxy) is 2. The zero-order valence-electron chi connectivity index (χ0n) is 15.5. The number of amides is 1. The summed E-state index contributed by atoms with van der Waals surface area (Å²) in [7, 11) is 2.90. The monoisotopic (exact) mass is 415 g/mol. The predicted molar refractivity (Wildman–Crippen MR) is 112 cm³/mol. The van der Waals surface area contributed by atoms with Gasteiger partial charge in [-0.1, -0.05) is 35.9 Å². The van der Waals surface area contributed by atoms with Gasteiger partial charge >= 0.3 is 5.97 Å². The van der Waals surface area contributed by atoms with Gasteiger partial charge < -0.3 is 14.8 Å². The number of anilines is 1. The van der Waals surface area contributed by atoms with Gasteiger partial charge in [-0.25, -0.2) is 4.79 Å². The molecule has 5 nitrogen and oxygen atoms in total. The molecule has 0 radical (unpaired) electrons. The zero-order valence-corrected chi connectivity index (χ0v) is 17.1. The molecule has 0 bridgehead atoms. The highest BCUT2D eigenvalue weighted by molar-refractivity contribution is 7.17. The fourth-order valence-corrected chi connectivity index (χ4v) is 4.13. The molecule has 0 saturated heterocycles. The van der Waals surface area contributed by atoms with Crippen molar-refractivity contribution in [3.8, 4) is 16.9 Å². The number of nitrogens with one attached hydrogen (secondary N) is 1. The standard InChI is InChI=1S/C21H18ClNO4S/c1-12-17(13-8-10-14(26-2)11-9-13)18(21(25)27-3)20(28-12)23-19(24)15-6-4-5-7-16(15)22/h4-11H,1-3H3,(H,23,24). The van der Waals surface area contributed by atoms with Crippen LogP contribution in [-0.2, 0) is 4.74 Å². The largest absolute Gasteiger partial charge is 0.497 e. The Labute approximate surface area is 171 Å². The van der Waals surface area contributed by atoms with Crippen molar-refractivity contribution in [2.24, 2.45) is 0 Å². The molecule has 0 aliphatic carbocycles. The minimum absolute atomic E-state index is 0.315. The summed E-state index contributed by atoms with van der Waals surface area (Å²) in [6, 6.07) is 14.1. The Morgan fingerprint density at radius 3 is 2.32 bits per heavy atom. The maximum atomic E-state index is 12.7. The Hall–Kier alpha value is -2.83. The number of aryl methyl sites for hydroxylation is 1. The van der Waals surface area contributed by atoms with E-state index in [9.17, 15) is 9.59 Å². The summed E-state index contributed by atoms with van der Waals surface area (Å²) in [6.07, 6.45) is 0. The molecule has 0 atom stereocenters. The van der Waals surface area contributed by atoms with Gasteiger partial charge in [-0.15, -0.1) is 11.3 Å². The molecule has 0 aliphatic heterocycles. The lowest BCUT2D eigenvalue weighted by molar-refractivity contribution is 0.0603. The van der Waals surface area contributed by atoms with Crippen LogP contribution in [0.15, 0.2) is 48.5 Å². The molecule has 3 rings (SSSR count). The van der Waals surface area contributed by atoms with Gasteiger partial charge in [0.25, 0.3) is 5.91 Å². The van der Waals surface area contributed by atoms with Crippen molar-refractivity contribution in [1.29, 1.82) is 0 Å². The van der Waals surface area contributed by atoms with Gasteiger partial charge in [0.15, 0.2) is 0 Å². The first kappa shape index (κ1) is 19.9. The third-order valence-corrected chi connectivity index (χ3v) is 5.55. The van der Waals surface area contributed by atoms with E-state index in [1.54, 1.807) is 31.4 Å². The van der Waals surface area contributed by atoms with Crippen molar-refractivity contribution >= 4 is 39.8 Å². The molecule has 7 heteroatoms. The Morgan fingerprint density at radius 1 is 1.04 bits per heavy atom. The van der Waals surface area contributed by atoms with Gasteiger partial charge in [0, 0.05) is 10.4 Å². The van der Waals surface area contributed by atoms with E-state index < -0.39 is 11.9 Å². The maximum Gasteiger partial charge on any atom is 0.341 e. The van der Waals surface area contributed by atoms with Crippen molar-refractivity contribution in [1.82, 2.24) is 0 Å². The summed E-state index contributed by atoms with van der Waals surface area (Å²) < 4.78 is 10.2. The molecule has 144 valence electrons. The molecule has 0 saturated carbocycles. The van der Waals surface area contributed by atoms with Crippen LogP contribution in [0.3, 0.4) is 0 Å². The second-order valence-electron chi connectivity index (χ2n) is 5.89. The highest BCUT2D eigenvalue weighted by Crippen LogP contribution is 2.41. The minimum atomic E-state index is -0.523. The van der Waals surface area contributed by atoms with Crippen LogP contribution >= 0.6 is 22.9 Å². The second-order valence-corrected chi connectivity index (χ2v) is 7.52. The first-order valence-electron chi connectivity index (χ1n) is 8.38. The molecule has 2 aromatic carbocycles. The quantitative estimate of drug-likeness (QED) is 0.565. The van der Waals surface area contributed by atoms with E-state index in [1.165, 1.54) is 18.4 Å². The van der Waals surface area contributed by atoms with Gasteiger partial charge in [-0.05, 0) is 36.8 Å². The Kier molecular flexibility index (Phi) is 6.02. The van der Waals surface area contributed by atoms with Crippen molar-refractivity contribution in [3.05, 3.63) is 69.6 Å². The molecule has 0 fully saturated rings. The van der Waals surface area contributed by atoms with E-state index >= 15 is 0 Å². The first-order valence-corrected chi connectivity index (χ1v) is 9.57. The van der Waals surface area contributed by atoms with Crippen molar-refractivity contribution in [2.45, 2.75) is 6.92 Å². The number of halogens is 1. The summed E-state index contributed by atoms with van der Waals surface area (Å²) in [5.74, 6) is -0.202. The number of rotatable bonds is 5. The van der Waals surface area contributed by atoms with Crippen molar-refractivity contribution in [2.75, 3.05) is 19.5 Å². The number of carbonyl (C=O) groups excluding carboxylic acids is 2. The number of hydrogen-bond donors (Lipinski definition) is 1. The smallest absolute Gasteiger partial charge is 0.341 e. The fourth-order valence-electron chi connectivity index (χ4n) is 2.85. The summed E-state index contributed by atoms with van der Waals surface area (Å²) in [6.45, 7) is 1.89. The number of benzene rings is 2. The normalized spacial score (nSPS) is 10.4. The van der Waals surface area contributed by atoms with Gasteiger partial charge in [0.2, 0.25) is 0 Å². The van der Waals surface area contributed by atoms with Crippen LogP contribution in [-0.4, -0.2) is 26.1 Å². The number of carbonyl (C=O) groups is 2. The molecule has 0 unspecified atom stereocenters. The van der Waals surface area contributed by atoms with Gasteiger partial charge in [0.1, 0.15) is 16.3 Å². The highest BCUT2D eigenvalue weighted by atomic mass is 35.5. The lowest BCUT2D eigenvalue weighted by Gasteiger charge is -2.09.